The van der Waals surface area contributed by atoms with Gasteiger partial charge in [0, 0.05) is 17.1 Å². The number of H-pyrrole nitrogens is 1. The number of nitriles is 1. The molecule has 0 aliphatic carbocycles. The van der Waals surface area contributed by atoms with Crippen LogP contribution in [0.4, 0.5) is 0 Å². The summed E-state index contributed by atoms with van der Waals surface area (Å²) in [6, 6.07) is 16.2. The van der Waals surface area contributed by atoms with Crippen LogP contribution in [-0.4, -0.2) is 25.9 Å². The summed E-state index contributed by atoms with van der Waals surface area (Å²) in [5.41, 5.74) is 2.57. The highest BCUT2D eigenvalue weighted by molar-refractivity contribution is 6.05. The van der Waals surface area contributed by atoms with Gasteiger partial charge in [-0.05, 0) is 18.2 Å². The zero-order valence-electron chi connectivity index (χ0n) is 13.6. The average molecular weight is 342 g/mol. The van der Waals surface area contributed by atoms with Crippen molar-refractivity contribution in [1.29, 1.82) is 5.26 Å². The van der Waals surface area contributed by atoms with Gasteiger partial charge in [0.25, 0.3) is 5.91 Å². The number of aromatic amines is 1. The summed E-state index contributed by atoms with van der Waals surface area (Å²) in [6.07, 6.45) is 4.97. The number of hydrogen-bond acceptors (Lipinski definition) is 4. The van der Waals surface area contributed by atoms with E-state index in [4.69, 9.17) is 0 Å². The zero-order chi connectivity index (χ0) is 17.9. The van der Waals surface area contributed by atoms with Crippen molar-refractivity contribution in [3.63, 3.8) is 0 Å². The number of rotatable bonds is 4. The maximum atomic E-state index is 12.6. The highest BCUT2D eigenvalue weighted by Gasteiger charge is 2.19. The molecule has 0 bridgehead atoms. The lowest BCUT2D eigenvalue weighted by Gasteiger charge is -2.10. The summed E-state index contributed by atoms with van der Waals surface area (Å²) in [6.45, 7) is 0. The Morgan fingerprint density at radius 2 is 2.00 bits per heavy atom. The molecule has 0 spiro atoms. The maximum Gasteiger partial charge on any atom is 0.254 e. The summed E-state index contributed by atoms with van der Waals surface area (Å²) >= 11 is 0. The van der Waals surface area contributed by atoms with Crippen LogP contribution < -0.4 is 5.32 Å². The van der Waals surface area contributed by atoms with Crippen molar-refractivity contribution in [1.82, 2.24) is 25.3 Å². The van der Waals surface area contributed by atoms with Gasteiger partial charge in [0.1, 0.15) is 6.04 Å². The van der Waals surface area contributed by atoms with E-state index in [1.54, 1.807) is 35.4 Å². The third kappa shape index (κ3) is 2.80. The number of nitrogens with zero attached hydrogens (tertiary/aromatic N) is 4. The molecule has 0 fully saturated rings. The minimum absolute atomic E-state index is 0.348. The Hall–Kier alpha value is -3.92. The maximum absolute atomic E-state index is 12.6. The van der Waals surface area contributed by atoms with E-state index in [9.17, 15) is 10.1 Å². The van der Waals surface area contributed by atoms with Crippen LogP contribution in [-0.2, 0) is 0 Å². The minimum Gasteiger partial charge on any atom is -0.332 e. The van der Waals surface area contributed by atoms with Gasteiger partial charge in [0.2, 0.25) is 0 Å². The summed E-state index contributed by atoms with van der Waals surface area (Å²) < 4.78 is 1.67. The van der Waals surface area contributed by atoms with Gasteiger partial charge < -0.3 is 5.32 Å². The molecule has 4 aromatic rings. The predicted molar refractivity (Wildman–Crippen MR) is 95.5 cm³/mol. The molecule has 0 saturated heterocycles. The Bertz CT molecular complexity index is 1110. The second-order valence-corrected chi connectivity index (χ2v) is 5.73. The topological polar surface area (TPSA) is 99.4 Å². The molecule has 2 N–H and O–H groups in total. The first kappa shape index (κ1) is 15.6. The van der Waals surface area contributed by atoms with Crippen LogP contribution in [0.15, 0.2) is 67.1 Å². The van der Waals surface area contributed by atoms with Crippen molar-refractivity contribution >= 4 is 16.8 Å². The van der Waals surface area contributed by atoms with E-state index in [1.165, 1.54) is 0 Å². The third-order valence-electron chi connectivity index (χ3n) is 4.08. The molecule has 7 nitrogen and oxygen atoms in total. The van der Waals surface area contributed by atoms with Crippen molar-refractivity contribution in [3.8, 4) is 11.8 Å². The number of fused-ring (bicyclic) bond motifs is 1. The van der Waals surface area contributed by atoms with Crippen molar-refractivity contribution in [2.24, 2.45) is 0 Å². The summed E-state index contributed by atoms with van der Waals surface area (Å²) in [7, 11) is 0. The molecule has 0 radical (unpaired) electrons. The number of amides is 1. The van der Waals surface area contributed by atoms with E-state index in [1.807, 2.05) is 36.4 Å². The van der Waals surface area contributed by atoms with Crippen molar-refractivity contribution < 1.29 is 4.79 Å². The fourth-order valence-electron chi connectivity index (χ4n) is 2.76. The van der Waals surface area contributed by atoms with Gasteiger partial charge in [0.15, 0.2) is 0 Å². The Labute approximate surface area is 148 Å². The molecule has 1 atom stereocenters. The second kappa shape index (κ2) is 6.53. The second-order valence-electron chi connectivity index (χ2n) is 5.73. The molecule has 1 unspecified atom stereocenters. The lowest BCUT2D eigenvalue weighted by molar-refractivity contribution is 0.0946. The quantitative estimate of drug-likeness (QED) is 0.595. The highest BCUT2D eigenvalue weighted by atomic mass is 16.1. The fourth-order valence-corrected chi connectivity index (χ4v) is 2.76. The van der Waals surface area contributed by atoms with E-state index in [2.05, 4.69) is 26.7 Å². The van der Waals surface area contributed by atoms with Crippen LogP contribution in [0.25, 0.3) is 16.6 Å². The molecule has 126 valence electrons. The Balaban J connectivity index is 1.59. The van der Waals surface area contributed by atoms with Crippen LogP contribution in [0.1, 0.15) is 22.0 Å². The number of carbonyl (C=O) groups is 1. The number of benzene rings is 2. The van der Waals surface area contributed by atoms with Crippen LogP contribution in [0.2, 0.25) is 0 Å². The molecular weight excluding hydrogens is 328 g/mol. The monoisotopic (exact) mass is 342 g/mol. The normalized spacial score (nSPS) is 11.8. The standard InChI is InChI=1S/C19H14N6O/c20-9-17(14-11-22-25(12-14)15-6-2-1-3-7-15)23-19(26)16-8-4-5-13-10-21-24-18(13)16/h1-8,10-12,17H,(H,21,24)(H,23,26). The molecule has 2 aromatic heterocycles. The molecule has 26 heavy (non-hydrogen) atoms. The van der Waals surface area contributed by atoms with Gasteiger partial charge in [-0.2, -0.15) is 15.5 Å². The number of para-hydroxylation sites is 2. The summed E-state index contributed by atoms with van der Waals surface area (Å²) in [4.78, 5) is 12.6. The molecule has 0 aliphatic rings. The van der Waals surface area contributed by atoms with Crippen LogP contribution in [0.3, 0.4) is 0 Å². The van der Waals surface area contributed by atoms with E-state index in [0.29, 0.717) is 16.6 Å². The predicted octanol–water partition coefficient (Wildman–Crippen LogP) is 2.74. The molecule has 2 heterocycles. The SMILES string of the molecule is N#CC(NC(=O)c1cccc2cn[nH]c12)c1cnn(-c2ccccc2)c1. The van der Waals surface area contributed by atoms with Gasteiger partial charge >= 0.3 is 0 Å². The average Bonchev–Trinajstić information content (AvgIpc) is 3.35. The minimum atomic E-state index is -0.807. The van der Waals surface area contributed by atoms with Gasteiger partial charge in [-0.3, -0.25) is 9.89 Å². The van der Waals surface area contributed by atoms with Gasteiger partial charge in [-0.1, -0.05) is 30.3 Å². The Kier molecular flexibility index (Phi) is 3.92. The van der Waals surface area contributed by atoms with Gasteiger partial charge in [0.05, 0.1) is 35.2 Å². The van der Waals surface area contributed by atoms with Crippen LogP contribution in [0, 0.1) is 11.3 Å². The molecular formula is C19H14N6O. The van der Waals surface area contributed by atoms with E-state index in [-0.39, 0.29) is 5.91 Å². The van der Waals surface area contributed by atoms with E-state index < -0.39 is 6.04 Å². The third-order valence-corrected chi connectivity index (χ3v) is 4.08. The van der Waals surface area contributed by atoms with E-state index >= 15 is 0 Å². The number of nitrogens with one attached hydrogen (secondary N) is 2. The molecule has 4 rings (SSSR count). The lowest BCUT2D eigenvalue weighted by atomic mass is 10.1. The zero-order valence-corrected chi connectivity index (χ0v) is 13.6. The number of carbonyl (C=O) groups excluding carboxylic acids is 1. The molecule has 2 aromatic carbocycles. The van der Waals surface area contributed by atoms with E-state index in [0.717, 1.165) is 11.1 Å². The molecule has 7 heteroatoms. The fraction of sp³-hybridized carbons (Fsp3) is 0.0526. The lowest BCUT2D eigenvalue weighted by Crippen LogP contribution is -2.27. The number of aromatic nitrogens is 4. The van der Waals surface area contributed by atoms with Crippen LogP contribution in [0.5, 0.6) is 0 Å². The Morgan fingerprint density at radius 3 is 2.81 bits per heavy atom. The smallest absolute Gasteiger partial charge is 0.254 e. The molecule has 1 amide bonds. The van der Waals surface area contributed by atoms with Crippen LogP contribution >= 0.6 is 0 Å². The molecule has 0 aliphatic heterocycles. The van der Waals surface area contributed by atoms with Crippen molar-refractivity contribution in [3.05, 3.63) is 78.2 Å². The summed E-state index contributed by atoms with van der Waals surface area (Å²) in [5.74, 6) is -0.348. The first-order chi connectivity index (χ1) is 12.8. The first-order valence-corrected chi connectivity index (χ1v) is 7.99. The number of hydrogen-bond donors (Lipinski definition) is 2. The largest absolute Gasteiger partial charge is 0.332 e. The van der Waals surface area contributed by atoms with Crippen molar-refractivity contribution in [2.45, 2.75) is 6.04 Å². The molecule has 0 saturated carbocycles. The summed E-state index contributed by atoms with van der Waals surface area (Å²) in [5, 5.41) is 24.1. The van der Waals surface area contributed by atoms with Crippen molar-refractivity contribution in [2.75, 3.05) is 0 Å². The highest BCUT2D eigenvalue weighted by Crippen LogP contribution is 2.18. The van der Waals surface area contributed by atoms with Gasteiger partial charge in [-0.25, -0.2) is 4.68 Å². The first-order valence-electron chi connectivity index (χ1n) is 7.99. The van der Waals surface area contributed by atoms with Gasteiger partial charge in [-0.15, -0.1) is 0 Å². The Morgan fingerprint density at radius 1 is 1.15 bits per heavy atom.